The van der Waals surface area contributed by atoms with Crippen molar-refractivity contribution in [2.24, 2.45) is 0 Å². The molecule has 0 spiro atoms. The van der Waals surface area contributed by atoms with Crippen LogP contribution in [0.1, 0.15) is 29.9 Å². The zero-order valence-corrected chi connectivity index (χ0v) is 19.3. The fourth-order valence-corrected chi connectivity index (χ4v) is 5.46. The predicted octanol–water partition coefficient (Wildman–Crippen LogP) is 7.61. The van der Waals surface area contributed by atoms with Crippen molar-refractivity contribution in [1.29, 1.82) is 0 Å². The molecule has 31 heavy (non-hydrogen) atoms. The standard InChI is InChI=1S/C27H26ClNOS/c1-29-13-11-21(12-14-29)25-4-2-3-20-7-10-24(16-26(20)25)30-17-19-15-27(31-18-19)22-5-8-23(28)9-6-22/h2-10,15-16,18,21H,11-14,17H2,1H3. The second-order valence-electron chi connectivity index (χ2n) is 8.42. The van der Waals surface area contributed by atoms with Crippen LogP contribution >= 0.6 is 22.9 Å². The molecule has 0 radical (unpaired) electrons. The molecule has 5 rings (SSSR count). The molecular formula is C27H26ClNOS. The first-order valence-corrected chi connectivity index (χ1v) is 12.1. The third-order valence-corrected chi connectivity index (χ3v) is 7.51. The molecule has 0 N–H and O–H groups in total. The summed E-state index contributed by atoms with van der Waals surface area (Å²) in [5.41, 5.74) is 3.85. The molecule has 1 aromatic heterocycles. The van der Waals surface area contributed by atoms with Gasteiger partial charge in [-0.25, -0.2) is 0 Å². The monoisotopic (exact) mass is 447 g/mol. The topological polar surface area (TPSA) is 12.5 Å². The Morgan fingerprint density at radius 2 is 1.81 bits per heavy atom. The van der Waals surface area contributed by atoms with E-state index in [1.165, 1.54) is 58.3 Å². The van der Waals surface area contributed by atoms with Crippen LogP contribution in [0.2, 0.25) is 5.02 Å². The Labute approximate surface area is 193 Å². The molecule has 2 nitrogen and oxygen atoms in total. The normalized spacial score (nSPS) is 15.4. The minimum Gasteiger partial charge on any atom is -0.489 e. The van der Waals surface area contributed by atoms with Crippen LogP contribution in [0.25, 0.3) is 21.2 Å². The molecule has 0 bridgehead atoms. The van der Waals surface area contributed by atoms with Crippen LogP contribution in [-0.4, -0.2) is 25.0 Å². The van der Waals surface area contributed by atoms with E-state index in [1.807, 2.05) is 12.1 Å². The number of piperidine rings is 1. The van der Waals surface area contributed by atoms with Gasteiger partial charge >= 0.3 is 0 Å². The molecule has 0 aliphatic carbocycles. The van der Waals surface area contributed by atoms with Gasteiger partial charge in [-0.1, -0.05) is 48.0 Å². The summed E-state index contributed by atoms with van der Waals surface area (Å²) in [6.45, 7) is 2.92. The van der Waals surface area contributed by atoms with Crippen LogP contribution in [-0.2, 0) is 6.61 Å². The van der Waals surface area contributed by atoms with Gasteiger partial charge in [-0.3, -0.25) is 0 Å². The van der Waals surface area contributed by atoms with Crippen molar-refractivity contribution in [3.63, 3.8) is 0 Å². The minimum atomic E-state index is 0.575. The average Bonchev–Trinajstić information content (AvgIpc) is 3.27. The first-order chi connectivity index (χ1) is 15.2. The van der Waals surface area contributed by atoms with E-state index in [-0.39, 0.29) is 0 Å². The highest BCUT2D eigenvalue weighted by molar-refractivity contribution is 7.13. The Morgan fingerprint density at radius 3 is 2.61 bits per heavy atom. The summed E-state index contributed by atoms with van der Waals surface area (Å²) in [5, 5.41) is 5.57. The number of thiophene rings is 1. The first kappa shape index (κ1) is 20.6. The van der Waals surface area contributed by atoms with E-state index in [2.05, 4.69) is 71.9 Å². The smallest absolute Gasteiger partial charge is 0.120 e. The maximum Gasteiger partial charge on any atom is 0.120 e. The van der Waals surface area contributed by atoms with E-state index in [9.17, 15) is 0 Å². The third-order valence-electron chi connectivity index (χ3n) is 6.23. The van der Waals surface area contributed by atoms with Gasteiger partial charge in [0.25, 0.3) is 0 Å². The molecule has 1 saturated heterocycles. The lowest BCUT2D eigenvalue weighted by Gasteiger charge is -2.30. The van der Waals surface area contributed by atoms with Gasteiger partial charge in [0.05, 0.1) is 0 Å². The molecule has 1 aliphatic rings. The van der Waals surface area contributed by atoms with Crippen molar-refractivity contribution < 1.29 is 4.74 Å². The molecule has 1 aliphatic heterocycles. The molecule has 4 aromatic rings. The highest BCUT2D eigenvalue weighted by atomic mass is 35.5. The lowest BCUT2D eigenvalue weighted by atomic mass is 9.86. The number of rotatable bonds is 5. The van der Waals surface area contributed by atoms with Crippen molar-refractivity contribution >= 4 is 33.7 Å². The van der Waals surface area contributed by atoms with Crippen LogP contribution in [0.3, 0.4) is 0 Å². The maximum atomic E-state index is 6.21. The van der Waals surface area contributed by atoms with E-state index >= 15 is 0 Å². The predicted molar refractivity (Wildman–Crippen MR) is 133 cm³/mol. The zero-order chi connectivity index (χ0) is 21.2. The summed E-state index contributed by atoms with van der Waals surface area (Å²) in [4.78, 5) is 3.66. The first-order valence-electron chi connectivity index (χ1n) is 10.8. The number of halogens is 1. The SMILES string of the molecule is CN1CCC(c2cccc3ccc(OCc4csc(-c5ccc(Cl)cc5)c4)cc23)CC1. The summed E-state index contributed by atoms with van der Waals surface area (Å²) in [6, 6.07) is 23.4. The summed E-state index contributed by atoms with van der Waals surface area (Å²) in [5.74, 6) is 1.57. The summed E-state index contributed by atoms with van der Waals surface area (Å²) < 4.78 is 6.21. The van der Waals surface area contributed by atoms with Crippen molar-refractivity contribution in [2.45, 2.75) is 25.4 Å². The van der Waals surface area contributed by atoms with Crippen LogP contribution in [0.4, 0.5) is 0 Å². The van der Waals surface area contributed by atoms with Gasteiger partial charge in [0, 0.05) is 15.5 Å². The lowest BCUT2D eigenvalue weighted by molar-refractivity contribution is 0.256. The van der Waals surface area contributed by atoms with E-state index < -0.39 is 0 Å². The van der Waals surface area contributed by atoms with E-state index in [0.29, 0.717) is 12.5 Å². The summed E-state index contributed by atoms with van der Waals surface area (Å²) in [7, 11) is 2.22. The molecule has 158 valence electrons. The molecule has 2 heterocycles. The fourth-order valence-electron chi connectivity index (χ4n) is 4.42. The second-order valence-corrected chi connectivity index (χ2v) is 9.77. The van der Waals surface area contributed by atoms with Crippen LogP contribution in [0.15, 0.2) is 72.1 Å². The minimum absolute atomic E-state index is 0.575. The Hall–Kier alpha value is -2.33. The number of hydrogen-bond acceptors (Lipinski definition) is 3. The molecule has 3 aromatic carbocycles. The van der Waals surface area contributed by atoms with Crippen molar-refractivity contribution in [3.05, 3.63) is 88.3 Å². The number of benzene rings is 3. The molecule has 0 saturated carbocycles. The van der Waals surface area contributed by atoms with Crippen LogP contribution < -0.4 is 4.74 Å². The molecular weight excluding hydrogens is 422 g/mol. The van der Waals surface area contributed by atoms with Crippen LogP contribution in [0.5, 0.6) is 5.75 Å². The van der Waals surface area contributed by atoms with Gasteiger partial charge < -0.3 is 9.64 Å². The van der Waals surface area contributed by atoms with Gasteiger partial charge in [-0.05, 0) is 96.5 Å². The Balaban J connectivity index is 1.33. The van der Waals surface area contributed by atoms with Gasteiger partial charge in [0.1, 0.15) is 12.4 Å². The zero-order valence-electron chi connectivity index (χ0n) is 17.7. The van der Waals surface area contributed by atoms with E-state index in [0.717, 1.165) is 10.8 Å². The van der Waals surface area contributed by atoms with Crippen LogP contribution in [0, 0.1) is 0 Å². The molecule has 0 unspecified atom stereocenters. The van der Waals surface area contributed by atoms with Crippen molar-refractivity contribution in [2.75, 3.05) is 20.1 Å². The Bertz CT molecular complexity index is 1180. The van der Waals surface area contributed by atoms with Gasteiger partial charge in [-0.15, -0.1) is 11.3 Å². The number of likely N-dealkylation sites (tertiary alicyclic amines) is 1. The number of nitrogens with zero attached hydrogens (tertiary/aromatic N) is 1. The summed E-state index contributed by atoms with van der Waals surface area (Å²) >= 11 is 7.75. The number of hydrogen-bond donors (Lipinski definition) is 0. The van der Waals surface area contributed by atoms with Crippen molar-refractivity contribution in [3.8, 4) is 16.2 Å². The maximum absolute atomic E-state index is 6.21. The Morgan fingerprint density at radius 1 is 1.00 bits per heavy atom. The molecule has 1 fully saturated rings. The van der Waals surface area contributed by atoms with E-state index in [4.69, 9.17) is 16.3 Å². The highest BCUT2D eigenvalue weighted by Crippen LogP contribution is 2.35. The molecule has 0 amide bonds. The number of ether oxygens (including phenoxy) is 1. The number of fused-ring (bicyclic) bond motifs is 1. The van der Waals surface area contributed by atoms with Gasteiger partial charge in [0.15, 0.2) is 0 Å². The fraction of sp³-hybridized carbons (Fsp3) is 0.259. The van der Waals surface area contributed by atoms with E-state index in [1.54, 1.807) is 11.3 Å². The quantitative estimate of drug-likeness (QED) is 0.312. The second kappa shape index (κ2) is 9.04. The molecule has 4 heteroatoms. The lowest BCUT2D eigenvalue weighted by Crippen LogP contribution is -2.29. The average molecular weight is 448 g/mol. The molecule has 0 atom stereocenters. The summed E-state index contributed by atoms with van der Waals surface area (Å²) in [6.07, 6.45) is 2.45. The Kier molecular flexibility index (Phi) is 5.99. The van der Waals surface area contributed by atoms with Crippen molar-refractivity contribution in [1.82, 2.24) is 4.90 Å². The largest absolute Gasteiger partial charge is 0.489 e. The van der Waals surface area contributed by atoms with Gasteiger partial charge in [0.2, 0.25) is 0 Å². The van der Waals surface area contributed by atoms with Gasteiger partial charge in [-0.2, -0.15) is 0 Å². The third kappa shape index (κ3) is 4.64. The highest BCUT2D eigenvalue weighted by Gasteiger charge is 2.20.